The maximum atomic E-state index is 10.3. The normalized spacial score (nSPS) is 25.6. The lowest BCUT2D eigenvalue weighted by Crippen LogP contribution is -2.59. The van der Waals surface area contributed by atoms with Crippen molar-refractivity contribution in [1.82, 2.24) is 19.9 Å². The summed E-state index contributed by atoms with van der Waals surface area (Å²) in [4.78, 5) is 18.5. The van der Waals surface area contributed by atoms with Crippen LogP contribution in [0.4, 0.5) is 0 Å². The summed E-state index contributed by atoms with van der Waals surface area (Å²) in [5.74, 6) is 1.72. The van der Waals surface area contributed by atoms with Crippen molar-refractivity contribution in [2.75, 3.05) is 99.1 Å². The summed E-state index contributed by atoms with van der Waals surface area (Å²) in [6.07, 6.45) is -12.9. The molecular weight excluding hydrogens is 1330 g/mol. The lowest BCUT2D eigenvalue weighted by Gasteiger charge is -2.39. The molecule has 3 saturated heterocycles. The molecule has 0 aliphatic carbocycles. The number of aromatic nitrogens is 4. The van der Waals surface area contributed by atoms with Gasteiger partial charge in [-0.15, -0.1) is 0 Å². The van der Waals surface area contributed by atoms with E-state index < -0.39 is 112 Å². The van der Waals surface area contributed by atoms with Crippen molar-refractivity contribution < 1.29 is 118 Å². The number of aliphatic hydroxyl groups excluding tert-OH is 12. The Kier molecular flexibility index (Phi) is 25.3. The Hall–Kier alpha value is -7.96. The third-order valence-electron chi connectivity index (χ3n) is 17.8. The number of hydrogen-bond donors (Lipinski definition) is 14. The fourth-order valence-corrected chi connectivity index (χ4v) is 12.4. The minimum Gasteiger partial charge on any atom is -0.491 e. The van der Waals surface area contributed by atoms with Crippen molar-refractivity contribution in [3.05, 3.63) is 150 Å². The van der Waals surface area contributed by atoms with Gasteiger partial charge in [0.15, 0.2) is 18.9 Å². The van der Waals surface area contributed by atoms with E-state index in [9.17, 15) is 61.3 Å². The topological polar surface area (TPSA) is 411 Å². The lowest BCUT2D eigenvalue weighted by atomic mass is 9.99. The number of hydrogen-bond acceptors (Lipinski definition) is 26. The van der Waals surface area contributed by atoms with Crippen LogP contribution in [0.25, 0.3) is 90.9 Å². The molecular formula is C74H84N4O24. The highest BCUT2D eigenvalue weighted by molar-refractivity contribution is 6.00. The van der Waals surface area contributed by atoms with Crippen LogP contribution in [0.5, 0.6) is 17.2 Å². The minimum atomic E-state index is -1.56. The van der Waals surface area contributed by atoms with Gasteiger partial charge < -0.3 is 128 Å². The number of H-pyrrole nitrogens is 2. The van der Waals surface area contributed by atoms with Gasteiger partial charge in [0.05, 0.1) is 102 Å². The Morgan fingerprint density at radius 3 is 0.902 bits per heavy atom. The van der Waals surface area contributed by atoms with Gasteiger partial charge in [0.1, 0.15) is 110 Å². The molecule has 5 aliphatic rings. The predicted octanol–water partition coefficient (Wildman–Crippen LogP) is 2.96. The summed E-state index contributed by atoms with van der Waals surface area (Å²) >= 11 is 0. The van der Waals surface area contributed by atoms with Crippen molar-refractivity contribution >= 4 is 46.4 Å². The highest BCUT2D eigenvalue weighted by Gasteiger charge is 2.46. The maximum Gasteiger partial charge on any atom is 0.186 e. The summed E-state index contributed by atoms with van der Waals surface area (Å²) in [6, 6.07) is 41.2. The molecule has 4 aromatic carbocycles. The molecule has 8 bridgehead atoms. The largest absolute Gasteiger partial charge is 0.491 e. The number of benzene rings is 4. The molecule has 8 heterocycles. The number of aromatic amines is 2. The average molecular weight is 1410 g/mol. The van der Waals surface area contributed by atoms with Crippen LogP contribution in [0.2, 0.25) is 0 Å². The molecule has 0 saturated carbocycles. The van der Waals surface area contributed by atoms with Crippen molar-refractivity contribution in [2.45, 2.75) is 92.1 Å². The first-order chi connectivity index (χ1) is 49.7. The maximum absolute atomic E-state index is 10.3. The summed E-state index contributed by atoms with van der Waals surface area (Å²) < 4.78 is 68.4. The van der Waals surface area contributed by atoms with Crippen LogP contribution >= 0.6 is 0 Å². The van der Waals surface area contributed by atoms with Gasteiger partial charge in [-0.25, -0.2) is 9.97 Å². The summed E-state index contributed by atoms with van der Waals surface area (Å²) in [5.41, 5.74) is 12.4. The minimum absolute atomic E-state index is 0.00754. The van der Waals surface area contributed by atoms with E-state index in [-0.39, 0.29) is 79.3 Å². The van der Waals surface area contributed by atoms with Gasteiger partial charge in [-0.1, -0.05) is 66.7 Å². The molecule has 28 heteroatoms. The van der Waals surface area contributed by atoms with Crippen molar-refractivity contribution in [3.8, 4) is 61.8 Å². The lowest BCUT2D eigenvalue weighted by molar-refractivity contribution is -0.302. The zero-order valence-corrected chi connectivity index (χ0v) is 55.4. The number of nitrogens with one attached hydrogen (secondary N) is 2. The second-order valence-corrected chi connectivity index (χ2v) is 24.5. The second kappa shape index (κ2) is 35.0. The van der Waals surface area contributed by atoms with Crippen molar-refractivity contribution in [1.29, 1.82) is 0 Å². The van der Waals surface area contributed by atoms with E-state index in [2.05, 4.69) is 34.2 Å². The third kappa shape index (κ3) is 17.3. The van der Waals surface area contributed by atoms with E-state index in [4.69, 9.17) is 66.8 Å². The molecule has 12 rings (SSSR count). The van der Waals surface area contributed by atoms with Crippen LogP contribution in [0, 0.1) is 0 Å². The predicted molar refractivity (Wildman–Crippen MR) is 369 cm³/mol. The van der Waals surface area contributed by atoms with E-state index in [1.54, 1.807) is 0 Å². The Bertz CT molecular complexity index is 3890. The van der Waals surface area contributed by atoms with Gasteiger partial charge in [-0.2, -0.15) is 0 Å². The third-order valence-corrected chi connectivity index (χ3v) is 17.8. The number of ether oxygens (including phenoxy) is 12. The van der Waals surface area contributed by atoms with Gasteiger partial charge in [0.25, 0.3) is 0 Å². The molecule has 544 valence electrons. The monoisotopic (exact) mass is 1410 g/mol. The summed E-state index contributed by atoms with van der Waals surface area (Å²) in [5, 5.41) is 120. The molecule has 7 aromatic rings. The van der Waals surface area contributed by atoms with Gasteiger partial charge >= 0.3 is 0 Å². The Morgan fingerprint density at radius 2 is 0.578 bits per heavy atom. The van der Waals surface area contributed by atoms with Crippen molar-refractivity contribution in [3.63, 3.8) is 0 Å². The fraction of sp³-hybridized carbons (Fsp3) is 0.405. The van der Waals surface area contributed by atoms with E-state index >= 15 is 0 Å². The smallest absolute Gasteiger partial charge is 0.186 e. The molecule has 3 aromatic heterocycles. The molecule has 3 fully saturated rings. The van der Waals surface area contributed by atoms with Crippen LogP contribution in [-0.2, 0) is 42.6 Å². The van der Waals surface area contributed by atoms with Gasteiger partial charge in [-0.05, 0) is 107 Å². The molecule has 0 radical (unpaired) electrons. The fourth-order valence-electron chi connectivity index (χ4n) is 12.4. The van der Waals surface area contributed by atoms with E-state index in [0.717, 1.165) is 66.6 Å². The van der Waals surface area contributed by atoms with Crippen molar-refractivity contribution in [2.24, 2.45) is 0 Å². The van der Waals surface area contributed by atoms with Crippen LogP contribution in [0.1, 0.15) is 22.8 Å². The standard InChI is InChI=1S/C74H84N4O24/c79-38-56-63(82)66(85)69(88)72(100-56)97-35-29-91-26-32-94-45-12-6-42(7-13-45)60-50-20-18-48(75-50)59(41-4-2-1-3-5-41)49-19-21-51(76-49)61(43-8-14-46(15-9-43)95-33-27-92-30-36-98-73-70(89)67(86)64(83)57(39-80)101-73)53-23-25-55(78-53)62(54-24-22-52(60)77-54)44-10-16-47(17-11-44)96-34-28-93-31-37-99-74-71(90)68(87)65(84)58(40-81)102-74/h1-25,56-58,63-76,79-90H,26-40H2/t56-,57-,58-,63-,64-,65-,66+,67+,68+,69+,70+,71+,72+,73+,74+/m1/s1. The Morgan fingerprint density at radius 1 is 0.294 bits per heavy atom. The molecule has 0 amide bonds. The number of fused-ring (bicyclic) bond motifs is 8. The van der Waals surface area contributed by atoms with Crippen LogP contribution in [-0.4, -0.2) is 272 Å². The molecule has 0 unspecified atom stereocenters. The molecule has 102 heavy (non-hydrogen) atoms. The van der Waals surface area contributed by atoms with Crippen LogP contribution in [0.3, 0.4) is 0 Å². The average Bonchev–Trinajstić information content (AvgIpc) is 1.61. The van der Waals surface area contributed by atoms with Gasteiger partial charge in [0, 0.05) is 44.3 Å². The molecule has 14 N–H and O–H groups in total. The van der Waals surface area contributed by atoms with E-state index in [1.807, 2.05) is 127 Å². The van der Waals surface area contributed by atoms with E-state index in [0.29, 0.717) is 40.0 Å². The zero-order chi connectivity index (χ0) is 71.2. The van der Waals surface area contributed by atoms with Gasteiger partial charge in [0.2, 0.25) is 0 Å². The number of rotatable bonds is 31. The quantitative estimate of drug-likeness (QED) is 0.0278. The number of aliphatic hydroxyl groups is 12. The summed E-state index contributed by atoms with van der Waals surface area (Å²) in [6.45, 7) is -0.336. The highest BCUT2D eigenvalue weighted by atomic mass is 16.7. The highest BCUT2D eigenvalue weighted by Crippen LogP contribution is 2.40. The first-order valence-electron chi connectivity index (χ1n) is 33.6. The van der Waals surface area contributed by atoms with Crippen LogP contribution < -0.4 is 14.2 Å². The molecule has 28 nitrogen and oxygen atoms in total. The zero-order valence-electron chi connectivity index (χ0n) is 55.4. The summed E-state index contributed by atoms with van der Waals surface area (Å²) in [7, 11) is 0. The second-order valence-electron chi connectivity index (χ2n) is 24.5. The first-order valence-corrected chi connectivity index (χ1v) is 33.6. The molecule has 5 aliphatic heterocycles. The molecule has 0 spiro atoms. The SMILES string of the molecule is OC[C@H]1O[C@H](OCCOCCOc2ccc(-c3c4nc(c(-c5ccc(OCCOCCO[C@H]6O[C@H](CO)[C@@H](O)[C@H](O)[C@@H]6O)cc5)c5ccc([nH]5)c(-c5ccccc5)c5ccc([nH]5)c(-c5ccc(OCCOCCO[C@H]6O[C@H](CO)[C@@H](O)[C@H](O)[C@@H]6O)cc5)c5nc3C=C5)C=C4)cc2)[C@@H](O)[C@@H](O)[C@@H]1O. The Labute approximate surface area is 585 Å². The Balaban J connectivity index is 0.817. The first kappa shape index (κ1) is 73.8. The van der Waals surface area contributed by atoms with E-state index in [1.165, 1.54) is 0 Å². The number of nitrogens with zero attached hydrogens (tertiary/aromatic N) is 2. The molecule has 15 atom stereocenters. The van der Waals surface area contributed by atoms with Gasteiger partial charge in [-0.3, -0.25) is 0 Å². The van der Waals surface area contributed by atoms with Crippen LogP contribution in [0.15, 0.2) is 127 Å².